The van der Waals surface area contributed by atoms with Crippen LogP contribution in [0.15, 0.2) is 35.4 Å². The first-order valence-electron chi connectivity index (χ1n) is 4.80. The Bertz CT molecular complexity index is 342. The van der Waals surface area contributed by atoms with E-state index < -0.39 is 0 Å². The van der Waals surface area contributed by atoms with Crippen LogP contribution in [0.25, 0.3) is 0 Å². The lowest BCUT2D eigenvalue weighted by molar-refractivity contribution is -0.139. The fraction of sp³-hybridized carbons (Fsp3) is 0.417. The van der Waals surface area contributed by atoms with Crippen LogP contribution in [-0.4, -0.2) is 12.6 Å². The number of hydrogen-bond acceptors (Lipinski definition) is 2. The maximum absolute atomic E-state index is 10.6. The van der Waals surface area contributed by atoms with Gasteiger partial charge in [0.05, 0.1) is 0 Å². The number of carbonyl (C=O) groups excluding carboxylic acids is 1. The molecule has 0 aromatic rings. The van der Waals surface area contributed by atoms with Crippen molar-refractivity contribution in [2.24, 2.45) is 5.41 Å². The van der Waals surface area contributed by atoms with Crippen molar-refractivity contribution < 1.29 is 9.53 Å². The first kappa shape index (κ1) is 12.1. The van der Waals surface area contributed by atoms with Gasteiger partial charge in [-0.1, -0.05) is 43.3 Å². The van der Waals surface area contributed by atoms with Gasteiger partial charge < -0.3 is 4.74 Å². The quantitative estimate of drug-likeness (QED) is 0.691. The van der Waals surface area contributed by atoms with Crippen LogP contribution >= 0.6 is 11.6 Å². The molecule has 1 rings (SSSR count). The number of ether oxygens (including phenoxy) is 1. The monoisotopic (exact) mass is 226 g/mol. The van der Waals surface area contributed by atoms with Gasteiger partial charge in [0, 0.05) is 17.4 Å². The summed E-state index contributed by atoms with van der Waals surface area (Å²) in [5.74, 6) is -0.264. The fourth-order valence-corrected chi connectivity index (χ4v) is 1.40. The van der Waals surface area contributed by atoms with E-state index in [0.29, 0.717) is 11.6 Å². The van der Waals surface area contributed by atoms with E-state index in [1.807, 2.05) is 25.2 Å². The van der Waals surface area contributed by atoms with Crippen LogP contribution in [0.3, 0.4) is 0 Å². The van der Waals surface area contributed by atoms with Gasteiger partial charge in [0.2, 0.25) is 0 Å². The maximum Gasteiger partial charge on any atom is 0.302 e. The summed E-state index contributed by atoms with van der Waals surface area (Å²) in [5, 5.41) is 0.626. The Kier molecular flexibility index (Phi) is 3.75. The lowest BCUT2D eigenvalue weighted by atomic mass is 9.82. The minimum Gasteiger partial charge on any atom is -0.461 e. The van der Waals surface area contributed by atoms with E-state index in [4.69, 9.17) is 16.3 Å². The first-order valence-corrected chi connectivity index (χ1v) is 5.18. The Labute approximate surface area is 95.3 Å². The molecule has 1 unspecified atom stereocenters. The van der Waals surface area contributed by atoms with Crippen molar-refractivity contribution in [3.63, 3.8) is 0 Å². The number of carbonyl (C=O) groups is 1. The second kappa shape index (κ2) is 4.67. The zero-order valence-electron chi connectivity index (χ0n) is 9.05. The summed E-state index contributed by atoms with van der Waals surface area (Å²) in [5.41, 5.74) is 0.821. The first-order chi connectivity index (χ1) is 6.94. The largest absolute Gasteiger partial charge is 0.461 e. The number of hydrogen-bond donors (Lipinski definition) is 0. The van der Waals surface area contributed by atoms with Gasteiger partial charge in [-0.05, 0) is 12.0 Å². The van der Waals surface area contributed by atoms with Gasteiger partial charge in [-0.3, -0.25) is 4.79 Å². The third-order valence-corrected chi connectivity index (χ3v) is 2.95. The van der Waals surface area contributed by atoms with E-state index in [0.717, 1.165) is 12.0 Å². The van der Waals surface area contributed by atoms with Gasteiger partial charge in [0.15, 0.2) is 0 Å². The molecule has 3 heteroatoms. The van der Waals surface area contributed by atoms with Crippen molar-refractivity contribution >= 4 is 17.6 Å². The Morgan fingerprint density at radius 1 is 1.73 bits per heavy atom. The smallest absolute Gasteiger partial charge is 0.302 e. The average molecular weight is 227 g/mol. The highest BCUT2D eigenvalue weighted by atomic mass is 35.5. The molecule has 0 N–H and O–H groups in total. The SMILES string of the molecule is C=C(Cl)C1(C)C=CC(COC(C)=O)=CC1. The van der Waals surface area contributed by atoms with Crippen molar-refractivity contribution in [1.29, 1.82) is 0 Å². The number of allylic oxidation sites excluding steroid dienone is 3. The zero-order chi connectivity index (χ0) is 11.5. The van der Waals surface area contributed by atoms with E-state index in [9.17, 15) is 4.79 Å². The van der Waals surface area contributed by atoms with Crippen LogP contribution in [0.5, 0.6) is 0 Å². The molecule has 1 aliphatic rings. The van der Waals surface area contributed by atoms with E-state index in [2.05, 4.69) is 6.58 Å². The molecule has 0 fully saturated rings. The molecule has 0 saturated heterocycles. The molecule has 2 nitrogen and oxygen atoms in total. The van der Waals surface area contributed by atoms with E-state index in [1.54, 1.807) is 0 Å². The molecule has 1 atom stereocenters. The normalized spacial score (nSPS) is 24.6. The van der Waals surface area contributed by atoms with Crippen molar-refractivity contribution in [2.75, 3.05) is 6.61 Å². The molecule has 0 saturated carbocycles. The minimum atomic E-state index is -0.264. The summed E-state index contributed by atoms with van der Waals surface area (Å²) in [6.07, 6.45) is 6.75. The predicted octanol–water partition coefficient (Wildman–Crippen LogP) is 3.19. The Hall–Kier alpha value is -1.02. The molecule has 0 radical (unpaired) electrons. The van der Waals surface area contributed by atoms with Crippen molar-refractivity contribution in [3.8, 4) is 0 Å². The van der Waals surface area contributed by atoms with Crippen LogP contribution in [-0.2, 0) is 9.53 Å². The van der Waals surface area contributed by atoms with Crippen LogP contribution in [0, 0.1) is 5.41 Å². The molecular weight excluding hydrogens is 212 g/mol. The highest BCUT2D eigenvalue weighted by Gasteiger charge is 2.24. The van der Waals surface area contributed by atoms with Gasteiger partial charge >= 0.3 is 5.97 Å². The number of halogens is 1. The summed E-state index contributed by atoms with van der Waals surface area (Å²) in [7, 11) is 0. The van der Waals surface area contributed by atoms with E-state index in [-0.39, 0.29) is 11.4 Å². The van der Waals surface area contributed by atoms with Gasteiger partial charge in [-0.2, -0.15) is 0 Å². The van der Waals surface area contributed by atoms with E-state index in [1.165, 1.54) is 6.92 Å². The highest BCUT2D eigenvalue weighted by Crippen LogP contribution is 2.37. The molecule has 0 bridgehead atoms. The molecule has 1 aliphatic carbocycles. The number of rotatable bonds is 3. The Balaban J connectivity index is 2.57. The van der Waals surface area contributed by atoms with Crippen LogP contribution < -0.4 is 0 Å². The molecule has 0 aromatic carbocycles. The molecule has 15 heavy (non-hydrogen) atoms. The van der Waals surface area contributed by atoms with Crippen molar-refractivity contribution in [2.45, 2.75) is 20.3 Å². The predicted molar refractivity (Wildman–Crippen MR) is 61.6 cm³/mol. The lowest BCUT2D eigenvalue weighted by Crippen LogP contribution is -2.16. The van der Waals surface area contributed by atoms with Gasteiger partial charge in [0.1, 0.15) is 6.61 Å². The lowest BCUT2D eigenvalue weighted by Gasteiger charge is -2.26. The Morgan fingerprint density at radius 2 is 2.40 bits per heavy atom. The van der Waals surface area contributed by atoms with Crippen molar-refractivity contribution in [3.05, 3.63) is 35.4 Å². The van der Waals surface area contributed by atoms with Gasteiger partial charge in [-0.25, -0.2) is 0 Å². The molecule has 0 aliphatic heterocycles. The second-order valence-corrected chi connectivity index (χ2v) is 4.38. The third kappa shape index (κ3) is 3.24. The summed E-state index contributed by atoms with van der Waals surface area (Å²) in [6.45, 7) is 7.51. The molecule has 82 valence electrons. The Morgan fingerprint density at radius 3 is 2.80 bits per heavy atom. The molecule has 0 aromatic heterocycles. The fourth-order valence-electron chi connectivity index (χ4n) is 1.26. The average Bonchev–Trinajstić information content (AvgIpc) is 2.16. The summed E-state index contributed by atoms with van der Waals surface area (Å²) in [4.78, 5) is 10.6. The molecule has 0 amide bonds. The van der Waals surface area contributed by atoms with Crippen LogP contribution in [0.4, 0.5) is 0 Å². The van der Waals surface area contributed by atoms with Crippen LogP contribution in [0.2, 0.25) is 0 Å². The van der Waals surface area contributed by atoms with Gasteiger partial charge in [0.25, 0.3) is 0 Å². The third-order valence-electron chi connectivity index (χ3n) is 2.52. The summed E-state index contributed by atoms with van der Waals surface area (Å²) < 4.78 is 4.90. The van der Waals surface area contributed by atoms with Crippen LogP contribution in [0.1, 0.15) is 20.3 Å². The standard InChI is InChI=1S/C12H15ClO2/c1-9(13)12(3)6-4-11(5-7-12)8-15-10(2)14/h4-6H,1,7-8H2,2-3H3. The summed E-state index contributed by atoms with van der Waals surface area (Å²) in [6, 6.07) is 0. The number of esters is 1. The van der Waals surface area contributed by atoms with E-state index >= 15 is 0 Å². The zero-order valence-corrected chi connectivity index (χ0v) is 9.80. The highest BCUT2D eigenvalue weighted by molar-refractivity contribution is 6.30. The topological polar surface area (TPSA) is 26.3 Å². The second-order valence-electron chi connectivity index (χ2n) is 3.92. The molecular formula is C12H15ClO2. The summed E-state index contributed by atoms with van der Waals surface area (Å²) >= 11 is 5.91. The maximum atomic E-state index is 10.6. The molecule has 0 heterocycles. The van der Waals surface area contributed by atoms with Crippen molar-refractivity contribution in [1.82, 2.24) is 0 Å². The van der Waals surface area contributed by atoms with Gasteiger partial charge in [-0.15, -0.1) is 0 Å². The molecule has 0 spiro atoms. The minimum absolute atomic E-state index is 0.179.